The van der Waals surface area contributed by atoms with Gasteiger partial charge in [-0.25, -0.2) is 4.99 Å². The lowest BCUT2D eigenvalue weighted by Crippen LogP contribution is -2.35. The van der Waals surface area contributed by atoms with Gasteiger partial charge in [-0.15, -0.1) is 6.58 Å². The molecule has 9 heteroatoms. The fourth-order valence-electron chi connectivity index (χ4n) is 1.96. The Balaban J connectivity index is 2.33. The van der Waals surface area contributed by atoms with Crippen LogP contribution in [0.3, 0.4) is 0 Å². The number of benzene rings is 1. The van der Waals surface area contributed by atoms with Crippen molar-refractivity contribution >= 4 is 40.2 Å². The summed E-state index contributed by atoms with van der Waals surface area (Å²) < 4.78 is 0. The van der Waals surface area contributed by atoms with E-state index in [9.17, 15) is 24.8 Å². The zero-order valence-electron chi connectivity index (χ0n) is 11.9. The molecule has 1 atom stereocenters. The first-order valence-corrected chi connectivity index (χ1v) is 7.42. The first-order valence-electron chi connectivity index (χ1n) is 6.54. The first kappa shape index (κ1) is 16.7. The number of hydrogen-bond acceptors (Lipinski definition) is 7. The molecule has 0 saturated carbocycles. The van der Waals surface area contributed by atoms with Crippen molar-refractivity contribution in [2.24, 2.45) is 4.99 Å². The summed E-state index contributed by atoms with van der Waals surface area (Å²) in [6, 6.07) is 5.64. The molecule has 1 amide bonds. The molecule has 1 fully saturated rings. The van der Waals surface area contributed by atoms with E-state index >= 15 is 0 Å². The van der Waals surface area contributed by atoms with Gasteiger partial charge in [0.2, 0.25) is 5.91 Å². The van der Waals surface area contributed by atoms with Crippen molar-refractivity contribution in [3.8, 4) is 0 Å². The van der Waals surface area contributed by atoms with Crippen LogP contribution in [0, 0.1) is 10.1 Å². The maximum Gasteiger partial charge on any atom is 0.271 e. The highest BCUT2D eigenvalue weighted by molar-refractivity contribution is 8.15. The Labute approximate surface area is 135 Å². The van der Waals surface area contributed by atoms with Crippen LogP contribution in [0.1, 0.15) is 6.42 Å². The van der Waals surface area contributed by atoms with Crippen molar-refractivity contribution in [2.45, 2.75) is 11.7 Å². The molecule has 2 rings (SSSR count). The first-order chi connectivity index (χ1) is 10.9. The Kier molecular flexibility index (Phi) is 5.12. The van der Waals surface area contributed by atoms with E-state index in [4.69, 9.17) is 0 Å². The van der Waals surface area contributed by atoms with Crippen LogP contribution >= 0.6 is 11.8 Å². The molecule has 1 heterocycles. The molecule has 1 aromatic carbocycles. The number of nitro groups is 1. The van der Waals surface area contributed by atoms with Gasteiger partial charge in [0.15, 0.2) is 5.17 Å². The summed E-state index contributed by atoms with van der Waals surface area (Å²) in [5.74, 6) is -1.73. The van der Waals surface area contributed by atoms with Gasteiger partial charge in [-0.3, -0.25) is 19.8 Å². The van der Waals surface area contributed by atoms with Gasteiger partial charge in [-0.05, 0) is 6.07 Å². The minimum Gasteiger partial charge on any atom is -0.550 e. The van der Waals surface area contributed by atoms with Gasteiger partial charge in [-0.2, -0.15) is 0 Å². The lowest BCUT2D eigenvalue weighted by Gasteiger charge is -2.13. The topological polar surface area (TPSA) is 116 Å². The number of nitrogens with zero attached hydrogens (tertiary/aromatic N) is 3. The lowest BCUT2D eigenvalue weighted by atomic mass is 10.2. The van der Waals surface area contributed by atoms with Gasteiger partial charge in [0, 0.05) is 31.1 Å². The molecular formula is C14H12N3O5S-. The van der Waals surface area contributed by atoms with Crippen molar-refractivity contribution in [3.05, 3.63) is 47.0 Å². The van der Waals surface area contributed by atoms with Crippen LogP contribution in [0.15, 0.2) is 41.9 Å². The summed E-state index contributed by atoms with van der Waals surface area (Å²) in [4.78, 5) is 38.7. The predicted octanol–water partition coefficient (Wildman–Crippen LogP) is 0.852. The van der Waals surface area contributed by atoms with Crippen molar-refractivity contribution in [2.75, 3.05) is 6.54 Å². The number of carbonyl (C=O) groups excluding carboxylic acids is 2. The normalized spacial score (nSPS) is 19.1. The van der Waals surface area contributed by atoms with Crippen LogP contribution in [0.2, 0.25) is 0 Å². The molecule has 120 valence electrons. The van der Waals surface area contributed by atoms with E-state index in [1.807, 2.05) is 0 Å². The van der Waals surface area contributed by atoms with Crippen LogP contribution in [0.5, 0.6) is 0 Å². The fraction of sp³-hybridized carbons (Fsp3) is 0.214. The van der Waals surface area contributed by atoms with E-state index in [-0.39, 0.29) is 17.4 Å². The maximum absolute atomic E-state index is 12.2. The number of carboxylic acid groups (broad SMARTS) is 1. The van der Waals surface area contributed by atoms with E-state index in [0.717, 1.165) is 11.8 Å². The van der Waals surface area contributed by atoms with E-state index in [2.05, 4.69) is 11.6 Å². The Morgan fingerprint density at radius 2 is 2.26 bits per heavy atom. The highest BCUT2D eigenvalue weighted by Crippen LogP contribution is 2.32. The quantitative estimate of drug-likeness (QED) is 0.432. The molecule has 0 unspecified atom stereocenters. The third-order valence-corrected chi connectivity index (χ3v) is 4.12. The van der Waals surface area contributed by atoms with Crippen LogP contribution in [-0.4, -0.2) is 38.7 Å². The van der Waals surface area contributed by atoms with Crippen LogP contribution < -0.4 is 5.11 Å². The molecule has 0 radical (unpaired) electrons. The van der Waals surface area contributed by atoms with E-state index in [1.165, 1.54) is 29.2 Å². The van der Waals surface area contributed by atoms with Gasteiger partial charge < -0.3 is 9.90 Å². The minimum atomic E-state index is -1.33. The molecule has 1 aliphatic heterocycles. The van der Waals surface area contributed by atoms with Crippen molar-refractivity contribution in [1.29, 1.82) is 0 Å². The average Bonchev–Trinajstić information content (AvgIpc) is 2.76. The van der Waals surface area contributed by atoms with Crippen LogP contribution in [-0.2, 0) is 9.59 Å². The molecule has 0 N–H and O–H groups in total. The van der Waals surface area contributed by atoms with E-state index < -0.39 is 28.5 Å². The second-order valence-electron chi connectivity index (χ2n) is 4.59. The number of non-ortho nitro benzene ring substituents is 1. The number of aliphatic imine (C=N–C) groups is 1. The van der Waals surface area contributed by atoms with Crippen molar-refractivity contribution < 1.29 is 19.6 Å². The van der Waals surface area contributed by atoms with Crippen LogP contribution in [0.4, 0.5) is 11.4 Å². The Morgan fingerprint density at radius 1 is 1.52 bits per heavy atom. The third-order valence-electron chi connectivity index (χ3n) is 2.95. The number of nitro benzene ring substituents is 1. The number of thioether (sulfide) groups is 1. The molecule has 0 bridgehead atoms. The monoisotopic (exact) mass is 334 g/mol. The molecular weight excluding hydrogens is 322 g/mol. The molecule has 23 heavy (non-hydrogen) atoms. The second kappa shape index (κ2) is 7.05. The molecule has 0 aromatic heterocycles. The number of hydrogen-bond donors (Lipinski definition) is 0. The second-order valence-corrected chi connectivity index (χ2v) is 5.76. The number of carbonyl (C=O) groups is 2. The lowest BCUT2D eigenvalue weighted by molar-refractivity contribution is -0.384. The minimum absolute atomic E-state index is 0.122. The van der Waals surface area contributed by atoms with Gasteiger partial charge >= 0.3 is 0 Å². The molecule has 1 aliphatic rings. The molecule has 8 nitrogen and oxygen atoms in total. The highest BCUT2D eigenvalue weighted by atomic mass is 32.2. The van der Waals surface area contributed by atoms with Crippen molar-refractivity contribution in [3.63, 3.8) is 0 Å². The summed E-state index contributed by atoms with van der Waals surface area (Å²) >= 11 is 0.992. The van der Waals surface area contributed by atoms with E-state index in [0.29, 0.717) is 5.69 Å². The number of carboxylic acids is 1. The molecule has 0 spiro atoms. The number of rotatable bonds is 6. The average molecular weight is 334 g/mol. The predicted molar refractivity (Wildman–Crippen MR) is 83.1 cm³/mol. The summed E-state index contributed by atoms with van der Waals surface area (Å²) in [6.07, 6.45) is 1.06. The van der Waals surface area contributed by atoms with Gasteiger partial charge in [-0.1, -0.05) is 23.9 Å². The smallest absolute Gasteiger partial charge is 0.271 e. The summed E-state index contributed by atoms with van der Waals surface area (Å²) in [7, 11) is 0. The standard InChI is InChI=1S/C14H13N3O5S/c1-2-6-16-13(20)11(8-12(18)19)23-14(16)15-9-4-3-5-10(7-9)17(21)22/h2-5,7,11H,1,6,8H2,(H,18,19)/p-1/t11-/m1/s1. The number of aliphatic carboxylic acids is 1. The van der Waals surface area contributed by atoms with Gasteiger partial charge in [0.1, 0.15) is 0 Å². The molecule has 0 aliphatic carbocycles. The van der Waals surface area contributed by atoms with Crippen LogP contribution in [0.25, 0.3) is 0 Å². The molecule has 1 saturated heterocycles. The fourth-order valence-corrected chi connectivity index (χ4v) is 3.11. The Bertz CT molecular complexity index is 703. The zero-order valence-corrected chi connectivity index (χ0v) is 12.7. The zero-order chi connectivity index (χ0) is 17.0. The largest absolute Gasteiger partial charge is 0.550 e. The summed E-state index contributed by atoms with van der Waals surface area (Å²) in [6.45, 7) is 3.72. The Hall–Kier alpha value is -2.68. The number of amidine groups is 1. The van der Waals surface area contributed by atoms with Crippen molar-refractivity contribution in [1.82, 2.24) is 4.90 Å². The highest BCUT2D eigenvalue weighted by Gasteiger charge is 2.37. The maximum atomic E-state index is 12.2. The van der Waals surface area contributed by atoms with E-state index in [1.54, 1.807) is 6.07 Å². The SMILES string of the molecule is C=CCN1C(=O)[C@@H](CC(=O)[O-])SC1=Nc1cccc([N+](=O)[O-])c1. The third kappa shape index (κ3) is 3.95. The Morgan fingerprint density at radius 3 is 2.87 bits per heavy atom. The van der Waals surface area contributed by atoms with Gasteiger partial charge in [0.25, 0.3) is 5.69 Å². The molecule has 1 aromatic rings. The number of amides is 1. The summed E-state index contributed by atoms with van der Waals surface area (Å²) in [5.41, 5.74) is 0.181. The summed E-state index contributed by atoms with van der Waals surface area (Å²) in [5, 5.41) is 21.0. The van der Waals surface area contributed by atoms with Gasteiger partial charge in [0.05, 0.1) is 15.9 Å².